The number of carbonyl (C=O) groups is 2. The van der Waals surface area contributed by atoms with Crippen molar-refractivity contribution in [1.29, 1.82) is 0 Å². The predicted octanol–water partition coefficient (Wildman–Crippen LogP) is 2.13. The monoisotopic (exact) mass is 383 g/mol. The van der Waals surface area contributed by atoms with Gasteiger partial charge in [0.1, 0.15) is 11.1 Å². The third-order valence-corrected chi connectivity index (χ3v) is 3.77. The van der Waals surface area contributed by atoms with Crippen LogP contribution in [0.2, 0.25) is 0 Å². The van der Waals surface area contributed by atoms with Crippen molar-refractivity contribution in [3.05, 3.63) is 11.7 Å². The van der Waals surface area contributed by atoms with Crippen molar-refractivity contribution in [2.24, 2.45) is 0 Å². The summed E-state index contributed by atoms with van der Waals surface area (Å²) in [7, 11) is 1.81. The second-order valence-electron chi connectivity index (χ2n) is 8.00. The van der Waals surface area contributed by atoms with Crippen LogP contribution >= 0.6 is 0 Å². The van der Waals surface area contributed by atoms with Gasteiger partial charge in [-0.3, -0.25) is 9.69 Å². The van der Waals surface area contributed by atoms with Gasteiger partial charge in [-0.1, -0.05) is 5.16 Å². The first kappa shape index (κ1) is 22.9. The smallest absolute Gasteiger partial charge is 0.408 e. The number of nitrogens with zero attached hydrogens (tertiary/aromatic N) is 4. The molecule has 0 saturated carbocycles. The lowest BCUT2D eigenvalue weighted by Crippen LogP contribution is -2.44. The number of aromatic nitrogens is 2. The molecule has 0 atom stereocenters. The van der Waals surface area contributed by atoms with Gasteiger partial charge in [-0.05, 0) is 55.5 Å². The van der Waals surface area contributed by atoms with Gasteiger partial charge in [0, 0.05) is 13.1 Å². The van der Waals surface area contributed by atoms with E-state index in [-0.39, 0.29) is 12.5 Å². The van der Waals surface area contributed by atoms with Crippen molar-refractivity contribution < 1.29 is 18.8 Å². The second-order valence-corrected chi connectivity index (χ2v) is 8.00. The summed E-state index contributed by atoms with van der Waals surface area (Å²) in [5.41, 5.74) is -1.46. The Balaban J connectivity index is 2.68. The molecule has 0 fully saturated rings. The Hall–Kier alpha value is -2.16. The highest BCUT2D eigenvalue weighted by molar-refractivity contribution is 5.78. The number of amides is 2. The lowest BCUT2D eigenvalue weighted by molar-refractivity contribution is -0.131. The summed E-state index contributed by atoms with van der Waals surface area (Å²) in [6, 6.07) is 0. The van der Waals surface area contributed by atoms with Crippen LogP contribution in [0.3, 0.4) is 0 Å². The Morgan fingerprint density at radius 1 is 1.15 bits per heavy atom. The maximum Gasteiger partial charge on any atom is 0.408 e. The molecule has 0 saturated heterocycles. The maximum absolute atomic E-state index is 12.2. The molecule has 1 rings (SSSR count). The SMILES string of the molecule is CCN(CC)C(=O)CN(C)Cc1nc(C(C)(C)NC(=O)OC(C)(C)C)no1. The molecule has 2 amide bonds. The van der Waals surface area contributed by atoms with Gasteiger partial charge in [0.25, 0.3) is 0 Å². The van der Waals surface area contributed by atoms with Gasteiger partial charge in [0.2, 0.25) is 11.8 Å². The van der Waals surface area contributed by atoms with Gasteiger partial charge in [-0.25, -0.2) is 4.79 Å². The van der Waals surface area contributed by atoms with E-state index >= 15 is 0 Å². The quantitative estimate of drug-likeness (QED) is 0.734. The molecule has 1 aromatic heterocycles. The number of hydrogen-bond acceptors (Lipinski definition) is 7. The minimum absolute atomic E-state index is 0.0501. The number of alkyl carbamates (subject to hydrolysis) is 1. The lowest BCUT2D eigenvalue weighted by atomic mass is 10.1. The molecule has 1 aromatic rings. The molecule has 154 valence electrons. The van der Waals surface area contributed by atoms with Gasteiger partial charge in [-0.15, -0.1) is 0 Å². The zero-order valence-electron chi connectivity index (χ0n) is 17.8. The first-order chi connectivity index (χ1) is 12.4. The van der Waals surface area contributed by atoms with E-state index in [1.54, 1.807) is 39.5 Å². The number of ether oxygens (including phenoxy) is 1. The summed E-state index contributed by atoms with van der Waals surface area (Å²) in [6.45, 7) is 14.8. The van der Waals surface area contributed by atoms with E-state index in [4.69, 9.17) is 9.26 Å². The standard InChI is InChI=1S/C18H33N5O4/c1-9-23(10-2)14(24)12-22(8)11-13-19-15(21-27-13)18(6,7)20-16(25)26-17(3,4)5/h9-12H2,1-8H3,(H,20,25). The van der Waals surface area contributed by atoms with Crippen molar-refractivity contribution in [1.82, 2.24) is 25.3 Å². The molecule has 0 bridgehead atoms. The molecule has 27 heavy (non-hydrogen) atoms. The first-order valence-electron chi connectivity index (χ1n) is 9.18. The largest absolute Gasteiger partial charge is 0.444 e. The average Bonchev–Trinajstić information content (AvgIpc) is 2.94. The molecule has 0 aromatic carbocycles. The van der Waals surface area contributed by atoms with Crippen LogP contribution in [0, 0.1) is 0 Å². The Kier molecular flexibility index (Phi) is 7.77. The summed E-state index contributed by atoms with van der Waals surface area (Å²) in [6.07, 6.45) is -0.555. The van der Waals surface area contributed by atoms with Crippen LogP contribution in [0.5, 0.6) is 0 Å². The molecule has 0 aliphatic heterocycles. The Morgan fingerprint density at radius 3 is 2.26 bits per heavy atom. The van der Waals surface area contributed by atoms with Crippen LogP contribution in [0.1, 0.15) is 60.2 Å². The third-order valence-electron chi connectivity index (χ3n) is 3.77. The molecule has 1 N–H and O–H groups in total. The van der Waals surface area contributed by atoms with Crippen LogP contribution < -0.4 is 5.32 Å². The molecule has 9 heteroatoms. The zero-order valence-corrected chi connectivity index (χ0v) is 17.8. The molecule has 0 aliphatic rings. The minimum Gasteiger partial charge on any atom is -0.444 e. The van der Waals surface area contributed by atoms with E-state index in [0.29, 0.717) is 31.3 Å². The van der Waals surface area contributed by atoms with E-state index in [0.717, 1.165) is 0 Å². The van der Waals surface area contributed by atoms with Crippen molar-refractivity contribution in [3.63, 3.8) is 0 Å². The normalized spacial score (nSPS) is 12.2. The third kappa shape index (κ3) is 7.54. The van der Waals surface area contributed by atoms with Crippen LogP contribution in [0.25, 0.3) is 0 Å². The Morgan fingerprint density at radius 2 is 1.74 bits per heavy atom. The molecular formula is C18H33N5O4. The van der Waals surface area contributed by atoms with Gasteiger partial charge in [0.15, 0.2) is 5.82 Å². The van der Waals surface area contributed by atoms with Gasteiger partial charge >= 0.3 is 6.09 Å². The Labute approximate surface area is 161 Å². The fourth-order valence-electron chi connectivity index (χ4n) is 2.38. The van der Waals surface area contributed by atoms with Crippen molar-refractivity contribution in [3.8, 4) is 0 Å². The summed E-state index contributed by atoms with van der Waals surface area (Å²) in [5.74, 6) is 0.764. The number of likely N-dealkylation sites (N-methyl/N-ethyl adjacent to an activating group) is 2. The minimum atomic E-state index is -0.861. The molecule has 1 heterocycles. The van der Waals surface area contributed by atoms with Gasteiger partial charge in [0.05, 0.1) is 13.1 Å². The van der Waals surface area contributed by atoms with Crippen molar-refractivity contribution >= 4 is 12.0 Å². The molecule has 0 radical (unpaired) electrons. The average molecular weight is 383 g/mol. The topological polar surface area (TPSA) is 101 Å². The van der Waals surface area contributed by atoms with E-state index in [1.165, 1.54) is 0 Å². The number of rotatable bonds is 8. The van der Waals surface area contributed by atoms with E-state index in [1.807, 2.05) is 25.8 Å². The molecule has 0 unspecified atom stereocenters. The summed E-state index contributed by atoms with van der Waals surface area (Å²) in [4.78, 5) is 32.1. The predicted molar refractivity (Wildman–Crippen MR) is 101 cm³/mol. The fraction of sp³-hybridized carbons (Fsp3) is 0.778. The van der Waals surface area contributed by atoms with Gasteiger partial charge in [-0.2, -0.15) is 4.98 Å². The van der Waals surface area contributed by atoms with Crippen LogP contribution in [-0.4, -0.2) is 64.2 Å². The zero-order chi connectivity index (χ0) is 20.8. The fourth-order valence-corrected chi connectivity index (χ4v) is 2.38. The van der Waals surface area contributed by atoms with E-state index in [2.05, 4.69) is 15.5 Å². The highest BCUT2D eigenvalue weighted by Gasteiger charge is 2.31. The van der Waals surface area contributed by atoms with E-state index < -0.39 is 17.2 Å². The van der Waals surface area contributed by atoms with Crippen molar-refractivity contribution in [2.75, 3.05) is 26.7 Å². The summed E-state index contributed by atoms with van der Waals surface area (Å²) < 4.78 is 10.5. The molecule has 0 aliphatic carbocycles. The summed E-state index contributed by atoms with van der Waals surface area (Å²) in [5, 5.41) is 6.70. The van der Waals surface area contributed by atoms with Crippen molar-refractivity contribution in [2.45, 2.75) is 66.2 Å². The molecule has 0 spiro atoms. The number of carbonyl (C=O) groups excluding carboxylic acids is 2. The highest BCUT2D eigenvalue weighted by Crippen LogP contribution is 2.18. The van der Waals surface area contributed by atoms with Crippen LogP contribution in [0.15, 0.2) is 4.52 Å². The number of hydrogen-bond donors (Lipinski definition) is 1. The Bertz CT molecular complexity index is 632. The molecular weight excluding hydrogens is 350 g/mol. The number of nitrogens with one attached hydrogen (secondary N) is 1. The maximum atomic E-state index is 12.2. The first-order valence-corrected chi connectivity index (χ1v) is 9.18. The molecule has 9 nitrogen and oxygen atoms in total. The van der Waals surface area contributed by atoms with Crippen LogP contribution in [0.4, 0.5) is 4.79 Å². The second kappa shape index (κ2) is 9.16. The lowest BCUT2D eigenvalue weighted by Gasteiger charge is -2.26. The summed E-state index contributed by atoms with van der Waals surface area (Å²) >= 11 is 0. The highest BCUT2D eigenvalue weighted by atomic mass is 16.6. The van der Waals surface area contributed by atoms with Crippen LogP contribution in [-0.2, 0) is 21.6 Å². The van der Waals surface area contributed by atoms with E-state index in [9.17, 15) is 9.59 Å². The van der Waals surface area contributed by atoms with Gasteiger partial charge < -0.3 is 19.5 Å².